The lowest BCUT2D eigenvalue weighted by atomic mass is 9.99. The van der Waals surface area contributed by atoms with Gasteiger partial charge in [0.25, 0.3) is 0 Å². The van der Waals surface area contributed by atoms with Gasteiger partial charge >= 0.3 is 5.97 Å². The summed E-state index contributed by atoms with van der Waals surface area (Å²) >= 11 is 0. The Morgan fingerprint density at radius 3 is 2.42 bits per heavy atom. The van der Waals surface area contributed by atoms with Gasteiger partial charge in [0.2, 0.25) is 6.29 Å². The number of methoxy groups -OCH3 is 3. The zero-order valence-electron chi connectivity index (χ0n) is 22.3. The van der Waals surface area contributed by atoms with Gasteiger partial charge in [0.05, 0.1) is 31.1 Å². The molecule has 0 saturated carbocycles. The van der Waals surface area contributed by atoms with Crippen molar-refractivity contribution in [3.8, 4) is 23.0 Å². The summed E-state index contributed by atoms with van der Waals surface area (Å²) in [6.45, 7) is 0. The van der Waals surface area contributed by atoms with Gasteiger partial charge in [-0.2, -0.15) is 0 Å². The highest BCUT2D eigenvalue weighted by Gasteiger charge is 2.48. The van der Waals surface area contributed by atoms with Crippen LogP contribution in [-0.2, 0) is 16.0 Å². The fraction of sp³-hybridized carbons (Fsp3) is 0.360. The molecule has 0 amide bonds. The maximum absolute atomic E-state index is 11.5. The smallest absolute Gasteiger partial charge is 0.335 e. The second-order valence-electron chi connectivity index (χ2n) is 8.10. The Hall–Kier alpha value is -3.64. The summed E-state index contributed by atoms with van der Waals surface area (Å²) < 4.78 is 49.3. The molecule has 36 heavy (non-hydrogen) atoms. The third kappa shape index (κ3) is 4.86. The number of aliphatic hydroxyl groups excluding tert-OH is 3. The standard InChI is InChI=1S/C25H27NO10/c1-32-16-5-4-12(9-17(16)33-2)8-15-14-11-18(34-3)19(10-13(14)6-7-26-15)35-25-22(29)20(27)21(28)23(36-25)24(30)31/h4-7,9-11,20-23,25,27-29H,8H2,1-3H3,(H,30,31)/i3D3. The van der Waals surface area contributed by atoms with Crippen molar-refractivity contribution in [2.24, 2.45) is 0 Å². The molecular weight excluding hydrogens is 474 g/mol. The van der Waals surface area contributed by atoms with Gasteiger partial charge in [0.1, 0.15) is 18.3 Å². The number of fused-ring (bicyclic) bond motifs is 1. The lowest BCUT2D eigenvalue weighted by molar-refractivity contribution is -0.271. The first-order valence-corrected chi connectivity index (χ1v) is 10.8. The molecule has 4 N–H and O–H groups in total. The molecule has 1 fully saturated rings. The van der Waals surface area contributed by atoms with Gasteiger partial charge in [0.15, 0.2) is 29.1 Å². The lowest BCUT2D eigenvalue weighted by Crippen LogP contribution is -2.61. The molecule has 0 aliphatic carbocycles. The number of hydrogen-bond acceptors (Lipinski definition) is 10. The highest BCUT2D eigenvalue weighted by molar-refractivity contribution is 5.88. The zero-order chi connectivity index (χ0) is 28.5. The minimum absolute atomic E-state index is 0.210. The molecule has 1 aliphatic heterocycles. The molecule has 1 saturated heterocycles. The van der Waals surface area contributed by atoms with Gasteiger partial charge in [-0.05, 0) is 41.3 Å². The Morgan fingerprint density at radius 1 is 0.972 bits per heavy atom. The number of aromatic nitrogens is 1. The number of aliphatic carboxylic acids is 1. The SMILES string of the molecule is [2H]C([2H])([2H])Oc1cc2c(Cc3ccc(OC)c(OC)c3)nccc2cc1OC1OC(C(=O)O)C(O)C(O)C1O. The molecule has 1 aliphatic rings. The Morgan fingerprint density at radius 2 is 1.72 bits per heavy atom. The van der Waals surface area contributed by atoms with Crippen molar-refractivity contribution in [1.82, 2.24) is 4.98 Å². The number of hydrogen-bond donors (Lipinski definition) is 4. The monoisotopic (exact) mass is 504 g/mol. The number of aliphatic hydroxyl groups is 3. The highest BCUT2D eigenvalue weighted by Crippen LogP contribution is 2.37. The van der Waals surface area contributed by atoms with Crippen molar-refractivity contribution in [2.45, 2.75) is 37.1 Å². The molecule has 0 bridgehead atoms. The molecule has 2 heterocycles. The number of rotatable bonds is 8. The van der Waals surface area contributed by atoms with E-state index in [9.17, 15) is 25.2 Å². The van der Waals surface area contributed by atoms with Crippen LogP contribution in [0.25, 0.3) is 10.8 Å². The van der Waals surface area contributed by atoms with E-state index in [0.29, 0.717) is 34.4 Å². The molecule has 4 rings (SSSR count). The van der Waals surface area contributed by atoms with E-state index in [-0.39, 0.29) is 11.5 Å². The minimum Gasteiger partial charge on any atom is -0.493 e. The van der Waals surface area contributed by atoms with E-state index in [1.165, 1.54) is 26.4 Å². The van der Waals surface area contributed by atoms with Crippen molar-refractivity contribution < 1.29 is 53.0 Å². The van der Waals surface area contributed by atoms with Crippen LogP contribution in [0.3, 0.4) is 0 Å². The molecule has 5 atom stereocenters. The predicted octanol–water partition coefficient (Wildman–Crippen LogP) is 1.12. The van der Waals surface area contributed by atoms with E-state index in [4.69, 9.17) is 27.8 Å². The molecule has 3 aromatic rings. The maximum Gasteiger partial charge on any atom is 0.335 e. The van der Waals surface area contributed by atoms with Crippen molar-refractivity contribution in [3.05, 3.63) is 53.9 Å². The van der Waals surface area contributed by atoms with E-state index >= 15 is 0 Å². The van der Waals surface area contributed by atoms with Crippen LogP contribution in [0.5, 0.6) is 23.0 Å². The van der Waals surface area contributed by atoms with Crippen LogP contribution in [0.15, 0.2) is 42.6 Å². The van der Waals surface area contributed by atoms with Crippen LogP contribution >= 0.6 is 0 Å². The fourth-order valence-corrected chi connectivity index (χ4v) is 4.01. The van der Waals surface area contributed by atoms with E-state index in [0.717, 1.165) is 5.56 Å². The molecule has 0 radical (unpaired) electrons. The first-order chi connectivity index (χ1) is 18.4. The van der Waals surface area contributed by atoms with Crippen LogP contribution in [-0.4, -0.2) is 83.3 Å². The summed E-state index contributed by atoms with van der Waals surface area (Å²) in [4.78, 5) is 15.9. The fourth-order valence-electron chi connectivity index (χ4n) is 4.01. The van der Waals surface area contributed by atoms with Crippen LogP contribution in [0.1, 0.15) is 15.4 Å². The molecular formula is C25H27NO10. The van der Waals surface area contributed by atoms with Gasteiger partial charge in [0, 0.05) is 18.0 Å². The topological polar surface area (TPSA) is 157 Å². The van der Waals surface area contributed by atoms with E-state index in [1.807, 2.05) is 6.07 Å². The normalized spacial score (nSPS) is 25.4. The zero-order valence-corrected chi connectivity index (χ0v) is 19.3. The quantitative estimate of drug-likeness (QED) is 0.348. The van der Waals surface area contributed by atoms with Crippen molar-refractivity contribution in [2.75, 3.05) is 21.3 Å². The van der Waals surface area contributed by atoms with E-state index in [1.54, 1.807) is 24.4 Å². The van der Waals surface area contributed by atoms with Gasteiger partial charge in [-0.25, -0.2) is 4.79 Å². The van der Waals surface area contributed by atoms with Crippen molar-refractivity contribution >= 4 is 16.7 Å². The average molecular weight is 505 g/mol. The number of carboxylic acid groups (broad SMARTS) is 1. The third-order valence-electron chi connectivity index (χ3n) is 5.90. The van der Waals surface area contributed by atoms with Crippen molar-refractivity contribution in [3.63, 3.8) is 0 Å². The predicted molar refractivity (Wildman–Crippen MR) is 126 cm³/mol. The van der Waals surface area contributed by atoms with Gasteiger partial charge in [-0.15, -0.1) is 0 Å². The first-order valence-electron chi connectivity index (χ1n) is 12.3. The van der Waals surface area contributed by atoms with Crippen LogP contribution in [0.4, 0.5) is 0 Å². The average Bonchev–Trinajstić information content (AvgIpc) is 2.88. The summed E-state index contributed by atoms with van der Waals surface area (Å²) in [6.07, 6.45) is -7.48. The summed E-state index contributed by atoms with van der Waals surface area (Å²) in [7, 11) is 0.143. The Kier molecular flexibility index (Phi) is 6.33. The molecule has 192 valence electrons. The maximum atomic E-state index is 11.5. The van der Waals surface area contributed by atoms with Crippen LogP contribution in [0, 0.1) is 0 Å². The van der Waals surface area contributed by atoms with Crippen molar-refractivity contribution in [1.29, 1.82) is 0 Å². The van der Waals surface area contributed by atoms with E-state index in [2.05, 4.69) is 4.98 Å². The van der Waals surface area contributed by atoms with E-state index < -0.39 is 43.7 Å². The minimum atomic E-state index is -2.90. The summed E-state index contributed by atoms with van der Waals surface area (Å²) in [5.41, 5.74) is 1.40. The first kappa shape index (κ1) is 21.6. The highest BCUT2D eigenvalue weighted by atomic mass is 16.7. The summed E-state index contributed by atoms with van der Waals surface area (Å²) in [5.74, 6) is -0.996. The molecule has 11 heteroatoms. The third-order valence-corrected chi connectivity index (χ3v) is 5.90. The molecule has 0 spiro atoms. The molecule has 11 nitrogen and oxygen atoms in total. The Bertz CT molecular complexity index is 1350. The Balaban J connectivity index is 1.73. The van der Waals surface area contributed by atoms with Gasteiger partial charge in [-0.3, -0.25) is 4.98 Å². The number of carbonyl (C=O) groups is 1. The molecule has 2 aromatic carbocycles. The summed E-state index contributed by atoms with van der Waals surface area (Å²) in [5, 5.41) is 40.8. The number of pyridine rings is 1. The Labute approximate surface area is 210 Å². The second kappa shape index (κ2) is 10.5. The van der Waals surface area contributed by atoms with Crippen LogP contribution in [0.2, 0.25) is 0 Å². The second-order valence-corrected chi connectivity index (χ2v) is 8.10. The van der Waals surface area contributed by atoms with Gasteiger partial charge < -0.3 is 44.1 Å². The van der Waals surface area contributed by atoms with Crippen LogP contribution < -0.4 is 18.9 Å². The molecule has 5 unspecified atom stereocenters. The number of ether oxygens (including phenoxy) is 5. The summed E-state index contributed by atoms with van der Waals surface area (Å²) in [6, 6.07) is 9.82. The lowest BCUT2D eigenvalue weighted by Gasteiger charge is -2.38. The number of carboxylic acids is 1. The molecule has 1 aromatic heterocycles. The van der Waals surface area contributed by atoms with Gasteiger partial charge in [-0.1, -0.05) is 6.07 Å². The number of nitrogens with zero attached hydrogens (tertiary/aromatic N) is 1. The largest absolute Gasteiger partial charge is 0.493 e. The number of benzene rings is 2.